The number of nitro groups is 1. The van der Waals surface area contributed by atoms with Gasteiger partial charge in [-0.2, -0.15) is 5.26 Å². The smallest absolute Gasteiger partial charge is 0.258 e. The first-order valence-corrected chi connectivity index (χ1v) is 6.37. The van der Waals surface area contributed by atoms with Crippen LogP contribution in [0, 0.1) is 21.4 Å². The van der Waals surface area contributed by atoms with Crippen LogP contribution in [0.1, 0.15) is 17.0 Å². The van der Waals surface area contributed by atoms with E-state index >= 15 is 0 Å². The first kappa shape index (κ1) is 14.0. The number of non-ortho nitro benzene ring substituents is 1. The summed E-state index contributed by atoms with van der Waals surface area (Å²) in [6.07, 6.45) is 0.470. The minimum Gasteiger partial charge on any atom is -0.258 e. The van der Waals surface area contributed by atoms with Crippen molar-refractivity contribution >= 4 is 17.3 Å². The van der Waals surface area contributed by atoms with Crippen LogP contribution in [0.2, 0.25) is 5.02 Å². The van der Waals surface area contributed by atoms with Gasteiger partial charge in [-0.25, -0.2) is 0 Å². The number of benzene rings is 2. The molecule has 20 heavy (non-hydrogen) atoms. The van der Waals surface area contributed by atoms with Gasteiger partial charge in [0.1, 0.15) is 0 Å². The van der Waals surface area contributed by atoms with Gasteiger partial charge in [0.15, 0.2) is 0 Å². The van der Waals surface area contributed by atoms with Gasteiger partial charge in [-0.3, -0.25) is 10.1 Å². The molecule has 0 amide bonds. The van der Waals surface area contributed by atoms with Crippen molar-refractivity contribution in [1.29, 1.82) is 5.26 Å². The van der Waals surface area contributed by atoms with Gasteiger partial charge in [0.05, 0.1) is 16.9 Å². The van der Waals surface area contributed by atoms with Crippen LogP contribution < -0.4 is 0 Å². The monoisotopic (exact) mass is 286 g/mol. The Morgan fingerprint density at radius 3 is 2.40 bits per heavy atom. The van der Waals surface area contributed by atoms with Crippen LogP contribution in [0.15, 0.2) is 48.5 Å². The van der Waals surface area contributed by atoms with E-state index in [2.05, 4.69) is 6.07 Å². The molecule has 2 aromatic rings. The van der Waals surface area contributed by atoms with Gasteiger partial charge >= 0.3 is 0 Å². The van der Waals surface area contributed by atoms with Crippen LogP contribution in [0.25, 0.3) is 0 Å². The fourth-order valence-electron chi connectivity index (χ4n) is 1.97. The van der Waals surface area contributed by atoms with Crippen LogP contribution in [0.4, 0.5) is 5.69 Å². The highest BCUT2D eigenvalue weighted by Gasteiger charge is 2.15. The minimum atomic E-state index is -0.445. The summed E-state index contributed by atoms with van der Waals surface area (Å²) in [5, 5.41) is 20.4. The van der Waals surface area contributed by atoms with E-state index in [4.69, 9.17) is 11.6 Å². The normalized spacial score (nSPS) is 11.6. The summed E-state index contributed by atoms with van der Waals surface area (Å²) in [7, 11) is 0. The number of hydrogen-bond donors (Lipinski definition) is 0. The van der Waals surface area contributed by atoms with Gasteiger partial charge in [0, 0.05) is 17.2 Å². The first-order valence-electron chi connectivity index (χ1n) is 5.99. The molecule has 0 spiro atoms. The maximum atomic E-state index is 10.6. The number of rotatable bonds is 4. The van der Waals surface area contributed by atoms with Crippen molar-refractivity contribution in [3.8, 4) is 6.07 Å². The van der Waals surface area contributed by atoms with Crippen molar-refractivity contribution < 1.29 is 4.92 Å². The van der Waals surface area contributed by atoms with Crippen molar-refractivity contribution in [2.24, 2.45) is 0 Å². The van der Waals surface area contributed by atoms with Gasteiger partial charge < -0.3 is 0 Å². The second kappa shape index (κ2) is 6.18. The molecule has 0 aliphatic heterocycles. The molecule has 0 fully saturated rings. The minimum absolute atomic E-state index is 0.0417. The highest BCUT2D eigenvalue weighted by atomic mass is 35.5. The van der Waals surface area contributed by atoms with Gasteiger partial charge in [0.25, 0.3) is 5.69 Å². The summed E-state index contributed by atoms with van der Waals surface area (Å²) < 4.78 is 0. The Bertz CT molecular complexity index is 662. The van der Waals surface area contributed by atoms with Crippen LogP contribution in [-0.4, -0.2) is 4.92 Å². The van der Waals surface area contributed by atoms with Crippen molar-refractivity contribution in [2.75, 3.05) is 0 Å². The Morgan fingerprint density at radius 2 is 1.85 bits per heavy atom. The molecule has 0 saturated heterocycles. The van der Waals surface area contributed by atoms with Crippen molar-refractivity contribution in [3.05, 3.63) is 74.8 Å². The second-order valence-electron chi connectivity index (χ2n) is 4.33. The molecule has 1 unspecified atom stereocenters. The largest absolute Gasteiger partial charge is 0.269 e. The summed E-state index contributed by atoms with van der Waals surface area (Å²) in [4.78, 5) is 10.1. The first-order chi connectivity index (χ1) is 9.61. The van der Waals surface area contributed by atoms with E-state index in [9.17, 15) is 15.4 Å². The quantitative estimate of drug-likeness (QED) is 0.628. The molecule has 0 N–H and O–H groups in total. The summed E-state index contributed by atoms with van der Waals surface area (Å²) in [6.45, 7) is 0. The van der Waals surface area contributed by atoms with Gasteiger partial charge in [-0.15, -0.1) is 0 Å². The third-order valence-electron chi connectivity index (χ3n) is 3.02. The summed E-state index contributed by atoms with van der Waals surface area (Å²) >= 11 is 6.09. The molecule has 0 aliphatic rings. The van der Waals surface area contributed by atoms with Crippen LogP contribution in [0.3, 0.4) is 0 Å². The molecule has 5 heteroatoms. The lowest BCUT2D eigenvalue weighted by Crippen LogP contribution is -2.01. The molecule has 100 valence electrons. The Hall–Kier alpha value is -2.38. The Morgan fingerprint density at radius 1 is 1.20 bits per heavy atom. The highest BCUT2D eigenvalue weighted by molar-refractivity contribution is 6.31. The van der Waals surface area contributed by atoms with Crippen LogP contribution in [0.5, 0.6) is 0 Å². The Kier molecular flexibility index (Phi) is 4.34. The lowest BCUT2D eigenvalue weighted by atomic mass is 9.93. The fraction of sp³-hybridized carbons (Fsp3) is 0.133. The van der Waals surface area contributed by atoms with Gasteiger partial charge in [-0.05, 0) is 23.6 Å². The summed E-state index contributed by atoms with van der Waals surface area (Å²) in [5.41, 5.74) is 1.68. The van der Waals surface area contributed by atoms with Crippen molar-refractivity contribution in [1.82, 2.24) is 0 Å². The zero-order valence-corrected chi connectivity index (χ0v) is 11.2. The standard InChI is InChI=1S/C15H11ClN2O2/c16-15-4-2-1-3-14(15)12(10-17)9-11-5-7-13(8-6-11)18(19)20/h1-8,12H,9H2. The van der Waals surface area contributed by atoms with E-state index in [1.807, 2.05) is 18.2 Å². The molecular formula is C15H11ClN2O2. The molecule has 0 aliphatic carbocycles. The van der Waals surface area contributed by atoms with E-state index < -0.39 is 4.92 Å². The fourth-order valence-corrected chi connectivity index (χ4v) is 2.24. The van der Waals surface area contributed by atoms with Crippen LogP contribution in [-0.2, 0) is 6.42 Å². The average Bonchev–Trinajstić information content (AvgIpc) is 2.46. The number of nitrogens with zero attached hydrogens (tertiary/aromatic N) is 2. The number of nitro benzene ring substituents is 1. The summed E-state index contributed by atoms with van der Waals surface area (Å²) in [6, 6.07) is 15.7. The lowest BCUT2D eigenvalue weighted by molar-refractivity contribution is -0.384. The van der Waals surface area contributed by atoms with E-state index in [-0.39, 0.29) is 11.6 Å². The highest BCUT2D eigenvalue weighted by Crippen LogP contribution is 2.27. The molecular weight excluding hydrogens is 276 g/mol. The molecule has 0 saturated carbocycles. The zero-order valence-electron chi connectivity index (χ0n) is 10.5. The van der Waals surface area contributed by atoms with Gasteiger partial charge in [0.2, 0.25) is 0 Å². The predicted molar refractivity (Wildman–Crippen MR) is 76.6 cm³/mol. The van der Waals surface area contributed by atoms with Crippen molar-refractivity contribution in [3.63, 3.8) is 0 Å². The van der Waals surface area contributed by atoms with E-state index in [1.54, 1.807) is 18.2 Å². The number of nitriles is 1. The van der Waals surface area contributed by atoms with Crippen LogP contribution >= 0.6 is 11.6 Å². The molecule has 4 nitrogen and oxygen atoms in total. The maximum absolute atomic E-state index is 10.6. The predicted octanol–water partition coefficient (Wildman–Crippen LogP) is 4.10. The molecule has 2 rings (SSSR count). The van der Waals surface area contributed by atoms with E-state index in [0.29, 0.717) is 11.4 Å². The lowest BCUT2D eigenvalue weighted by Gasteiger charge is -2.11. The molecule has 0 aromatic heterocycles. The Labute approximate surface area is 121 Å². The van der Waals surface area contributed by atoms with E-state index in [1.165, 1.54) is 12.1 Å². The maximum Gasteiger partial charge on any atom is 0.269 e. The number of hydrogen-bond acceptors (Lipinski definition) is 3. The topological polar surface area (TPSA) is 66.9 Å². The van der Waals surface area contributed by atoms with Crippen molar-refractivity contribution in [2.45, 2.75) is 12.3 Å². The number of halogens is 1. The third kappa shape index (κ3) is 3.14. The van der Waals surface area contributed by atoms with Gasteiger partial charge in [-0.1, -0.05) is 41.9 Å². The average molecular weight is 287 g/mol. The third-order valence-corrected chi connectivity index (χ3v) is 3.37. The zero-order chi connectivity index (χ0) is 14.5. The summed E-state index contributed by atoms with van der Waals surface area (Å²) in [5.74, 6) is -0.370. The molecule has 0 bridgehead atoms. The SMILES string of the molecule is N#CC(Cc1ccc([N+](=O)[O-])cc1)c1ccccc1Cl. The molecule has 0 radical (unpaired) electrons. The molecule has 0 heterocycles. The molecule has 1 atom stereocenters. The molecule has 2 aromatic carbocycles. The Balaban J connectivity index is 2.21. The second-order valence-corrected chi connectivity index (χ2v) is 4.74. The van der Waals surface area contributed by atoms with E-state index in [0.717, 1.165) is 11.1 Å².